The van der Waals surface area contributed by atoms with Crippen LogP contribution in [0, 0.1) is 0 Å². The molecule has 0 spiro atoms. The summed E-state index contributed by atoms with van der Waals surface area (Å²) in [5, 5.41) is 16.9. The third-order valence-electron chi connectivity index (χ3n) is 4.19. The first kappa shape index (κ1) is 18.2. The van der Waals surface area contributed by atoms with E-state index >= 15 is 0 Å². The number of benzene rings is 1. The lowest BCUT2D eigenvalue weighted by Crippen LogP contribution is -2.37. The summed E-state index contributed by atoms with van der Waals surface area (Å²) in [6.07, 6.45) is 2.67. The standard InChI is InChI=1S/C17H22ClN7O/c1-4-8-25-11-20-21-15(25)10-23(2)17(26)19-9-13-16-12(18)6-5-7-14(16)24(3)22-13/h5-7,11H,4,8-10H2,1-3H3,(H,19,26). The average molecular weight is 376 g/mol. The van der Waals surface area contributed by atoms with Gasteiger partial charge in [-0.05, 0) is 18.6 Å². The fraction of sp³-hybridized carbons (Fsp3) is 0.412. The molecular weight excluding hydrogens is 354 g/mol. The van der Waals surface area contributed by atoms with Gasteiger partial charge in [0, 0.05) is 26.0 Å². The van der Waals surface area contributed by atoms with Gasteiger partial charge in [0.15, 0.2) is 5.82 Å². The first-order valence-corrected chi connectivity index (χ1v) is 8.84. The Kier molecular flexibility index (Phi) is 5.41. The molecule has 0 saturated carbocycles. The number of hydrogen-bond acceptors (Lipinski definition) is 4. The number of halogens is 1. The van der Waals surface area contributed by atoms with Crippen LogP contribution in [0.4, 0.5) is 4.79 Å². The summed E-state index contributed by atoms with van der Waals surface area (Å²) in [5.74, 6) is 0.760. The summed E-state index contributed by atoms with van der Waals surface area (Å²) in [5.41, 5.74) is 1.67. The molecule has 0 aliphatic heterocycles. The van der Waals surface area contributed by atoms with Gasteiger partial charge in [-0.15, -0.1) is 10.2 Å². The van der Waals surface area contributed by atoms with Crippen LogP contribution < -0.4 is 5.32 Å². The van der Waals surface area contributed by atoms with Crippen LogP contribution in [0.5, 0.6) is 0 Å². The van der Waals surface area contributed by atoms with Crippen molar-refractivity contribution < 1.29 is 4.79 Å². The van der Waals surface area contributed by atoms with Crippen molar-refractivity contribution in [3.63, 3.8) is 0 Å². The van der Waals surface area contributed by atoms with Crippen molar-refractivity contribution in [1.82, 2.24) is 34.8 Å². The Morgan fingerprint density at radius 3 is 2.96 bits per heavy atom. The van der Waals surface area contributed by atoms with Gasteiger partial charge in [-0.1, -0.05) is 24.6 Å². The smallest absolute Gasteiger partial charge is 0.317 e. The molecule has 0 aliphatic rings. The van der Waals surface area contributed by atoms with Crippen molar-refractivity contribution in [3.8, 4) is 0 Å². The topological polar surface area (TPSA) is 80.9 Å². The maximum absolute atomic E-state index is 12.4. The Bertz CT molecular complexity index is 917. The lowest BCUT2D eigenvalue weighted by atomic mass is 10.2. The number of amides is 2. The number of hydrogen-bond donors (Lipinski definition) is 1. The molecule has 26 heavy (non-hydrogen) atoms. The fourth-order valence-corrected chi connectivity index (χ4v) is 3.16. The molecule has 0 aliphatic carbocycles. The van der Waals surface area contributed by atoms with Crippen molar-refractivity contribution >= 4 is 28.5 Å². The van der Waals surface area contributed by atoms with Gasteiger partial charge in [-0.25, -0.2) is 4.79 Å². The highest BCUT2D eigenvalue weighted by molar-refractivity contribution is 6.35. The minimum Gasteiger partial charge on any atom is -0.332 e. The van der Waals surface area contributed by atoms with E-state index in [0.717, 1.165) is 35.4 Å². The second kappa shape index (κ2) is 7.74. The molecule has 0 radical (unpaired) electrons. The number of carbonyl (C=O) groups excluding carboxylic acids is 1. The van der Waals surface area contributed by atoms with Gasteiger partial charge in [0.05, 0.1) is 29.3 Å². The largest absolute Gasteiger partial charge is 0.332 e. The Labute approximate surface area is 156 Å². The van der Waals surface area contributed by atoms with Crippen LogP contribution in [-0.2, 0) is 26.7 Å². The van der Waals surface area contributed by atoms with Crippen LogP contribution in [0.3, 0.4) is 0 Å². The molecule has 0 fully saturated rings. The number of aromatic nitrogens is 5. The zero-order valence-electron chi connectivity index (χ0n) is 15.1. The molecule has 2 heterocycles. The minimum atomic E-state index is -0.207. The van der Waals surface area contributed by atoms with Gasteiger partial charge in [-0.3, -0.25) is 4.68 Å². The van der Waals surface area contributed by atoms with E-state index in [-0.39, 0.29) is 6.03 Å². The van der Waals surface area contributed by atoms with E-state index in [1.54, 1.807) is 23.0 Å². The van der Waals surface area contributed by atoms with E-state index in [1.807, 2.05) is 29.8 Å². The molecule has 0 bridgehead atoms. The van der Waals surface area contributed by atoms with E-state index in [1.165, 1.54) is 0 Å². The summed E-state index contributed by atoms with van der Waals surface area (Å²) >= 11 is 6.30. The quantitative estimate of drug-likeness (QED) is 0.718. The third-order valence-corrected chi connectivity index (χ3v) is 4.51. The number of fused-ring (bicyclic) bond motifs is 1. The molecule has 3 aromatic rings. The van der Waals surface area contributed by atoms with Crippen LogP contribution >= 0.6 is 11.6 Å². The van der Waals surface area contributed by atoms with Crippen molar-refractivity contribution in [2.24, 2.45) is 7.05 Å². The number of urea groups is 1. The van der Waals surface area contributed by atoms with Gasteiger partial charge in [0.25, 0.3) is 0 Å². The second-order valence-corrected chi connectivity index (χ2v) is 6.57. The predicted molar refractivity (Wildman–Crippen MR) is 99.7 cm³/mol. The van der Waals surface area contributed by atoms with Crippen LogP contribution in [0.25, 0.3) is 10.9 Å². The van der Waals surface area contributed by atoms with Gasteiger partial charge < -0.3 is 14.8 Å². The highest BCUT2D eigenvalue weighted by atomic mass is 35.5. The van der Waals surface area contributed by atoms with E-state index < -0.39 is 0 Å². The molecule has 1 N–H and O–H groups in total. The second-order valence-electron chi connectivity index (χ2n) is 6.16. The van der Waals surface area contributed by atoms with Gasteiger partial charge >= 0.3 is 6.03 Å². The lowest BCUT2D eigenvalue weighted by molar-refractivity contribution is 0.204. The van der Waals surface area contributed by atoms with Crippen molar-refractivity contribution in [3.05, 3.63) is 41.1 Å². The van der Waals surface area contributed by atoms with Crippen molar-refractivity contribution in [2.45, 2.75) is 33.0 Å². The van der Waals surface area contributed by atoms with Crippen molar-refractivity contribution in [1.29, 1.82) is 0 Å². The molecule has 2 aromatic heterocycles. The van der Waals surface area contributed by atoms with Gasteiger partial charge in [0.1, 0.15) is 6.33 Å². The number of nitrogens with one attached hydrogen (secondary N) is 1. The number of rotatable bonds is 6. The highest BCUT2D eigenvalue weighted by Crippen LogP contribution is 2.26. The number of nitrogens with zero attached hydrogens (tertiary/aromatic N) is 6. The van der Waals surface area contributed by atoms with Crippen LogP contribution in [0.2, 0.25) is 5.02 Å². The molecule has 0 unspecified atom stereocenters. The third kappa shape index (κ3) is 3.65. The van der Waals surface area contributed by atoms with Crippen LogP contribution in [-0.4, -0.2) is 42.5 Å². The maximum Gasteiger partial charge on any atom is 0.317 e. The summed E-state index contributed by atoms with van der Waals surface area (Å²) in [7, 11) is 3.58. The van der Waals surface area contributed by atoms with Crippen molar-refractivity contribution in [2.75, 3.05) is 7.05 Å². The van der Waals surface area contributed by atoms with E-state index in [4.69, 9.17) is 11.6 Å². The molecule has 9 heteroatoms. The first-order chi connectivity index (χ1) is 12.5. The van der Waals surface area contributed by atoms with Crippen LogP contribution in [0.15, 0.2) is 24.5 Å². The fourth-order valence-electron chi connectivity index (χ4n) is 2.88. The summed E-state index contributed by atoms with van der Waals surface area (Å²) < 4.78 is 3.72. The zero-order chi connectivity index (χ0) is 18.7. The van der Waals surface area contributed by atoms with Crippen LogP contribution in [0.1, 0.15) is 24.9 Å². The lowest BCUT2D eigenvalue weighted by Gasteiger charge is -2.17. The van der Waals surface area contributed by atoms with Gasteiger partial charge in [-0.2, -0.15) is 5.10 Å². The Balaban J connectivity index is 1.66. The molecule has 0 saturated heterocycles. The Morgan fingerprint density at radius 1 is 1.38 bits per heavy atom. The molecule has 0 atom stereocenters. The molecule has 1 aromatic carbocycles. The number of aryl methyl sites for hydroxylation is 2. The Hall–Kier alpha value is -2.61. The highest BCUT2D eigenvalue weighted by Gasteiger charge is 2.16. The molecule has 3 rings (SSSR count). The zero-order valence-corrected chi connectivity index (χ0v) is 15.9. The normalized spacial score (nSPS) is 11.1. The van der Waals surface area contributed by atoms with E-state index in [0.29, 0.717) is 18.1 Å². The molecule has 138 valence electrons. The van der Waals surface area contributed by atoms with E-state index in [9.17, 15) is 4.79 Å². The van der Waals surface area contributed by atoms with Gasteiger partial charge in [0.2, 0.25) is 0 Å². The SMILES string of the molecule is CCCn1cnnc1CN(C)C(=O)NCc1nn(C)c2cccc(Cl)c12. The molecule has 8 nitrogen and oxygen atoms in total. The van der Waals surface area contributed by atoms with E-state index in [2.05, 4.69) is 27.5 Å². The average Bonchev–Trinajstić information content (AvgIpc) is 3.18. The maximum atomic E-state index is 12.4. The summed E-state index contributed by atoms with van der Waals surface area (Å²) in [6, 6.07) is 5.45. The first-order valence-electron chi connectivity index (χ1n) is 8.47. The summed E-state index contributed by atoms with van der Waals surface area (Å²) in [4.78, 5) is 14.0. The number of carbonyl (C=O) groups is 1. The Morgan fingerprint density at radius 2 is 2.19 bits per heavy atom. The molecular formula is C17H22ClN7O. The monoisotopic (exact) mass is 375 g/mol. The summed E-state index contributed by atoms with van der Waals surface area (Å²) in [6.45, 7) is 3.60. The predicted octanol–water partition coefficient (Wildman–Crippen LogP) is 2.57. The minimum absolute atomic E-state index is 0.207. The molecule has 2 amide bonds.